The summed E-state index contributed by atoms with van der Waals surface area (Å²) >= 11 is 6.18. The Labute approximate surface area is 191 Å². The molecule has 164 valence electrons. The molecular formula is C25H24ClN3O3. The SMILES string of the molecule is CCC(=O)N(Cc1ccco1)C(C)c1nc2cc(Cl)ccc2c(=O)n1-c1ccc(C)cc1. The smallest absolute Gasteiger partial charge is 0.266 e. The first-order valence-corrected chi connectivity index (χ1v) is 10.9. The van der Waals surface area contributed by atoms with Crippen LogP contribution in [0.5, 0.6) is 0 Å². The predicted octanol–water partition coefficient (Wildman–Crippen LogP) is 5.44. The number of halogens is 1. The Morgan fingerprint density at radius 2 is 1.94 bits per heavy atom. The van der Waals surface area contributed by atoms with Crippen molar-refractivity contribution in [1.82, 2.24) is 14.5 Å². The van der Waals surface area contributed by atoms with Crippen molar-refractivity contribution >= 4 is 28.4 Å². The molecular weight excluding hydrogens is 426 g/mol. The lowest BCUT2D eigenvalue weighted by Gasteiger charge is -2.29. The van der Waals surface area contributed by atoms with E-state index in [2.05, 4.69) is 0 Å². The van der Waals surface area contributed by atoms with Gasteiger partial charge in [-0.3, -0.25) is 14.2 Å². The van der Waals surface area contributed by atoms with Crippen LogP contribution in [0.1, 0.15) is 43.5 Å². The molecule has 0 spiro atoms. The largest absolute Gasteiger partial charge is 0.467 e. The minimum absolute atomic E-state index is 0.0650. The summed E-state index contributed by atoms with van der Waals surface area (Å²) in [5.74, 6) is 1.05. The van der Waals surface area contributed by atoms with Gasteiger partial charge in [-0.05, 0) is 56.3 Å². The highest BCUT2D eigenvalue weighted by Gasteiger charge is 2.27. The summed E-state index contributed by atoms with van der Waals surface area (Å²) in [6.45, 7) is 5.95. The first-order valence-electron chi connectivity index (χ1n) is 10.5. The number of furan rings is 1. The highest BCUT2D eigenvalue weighted by Crippen LogP contribution is 2.26. The second-order valence-electron chi connectivity index (χ2n) is 7.74. The van der Waals surface area contributed by atoms with Gasteiger partial charge in [-0.2, -0.15) is 0 Å². The molecule has 0 bridgehead atoms. The van der Waals surface area contributed by atoms with Crippen molar-refractivity contribution in [2.75, 3.05) is 0 Å². The topological polar surface area (TPSA) is 68.3 Å². The zero-order valence-electron chi connectivity index (χ0n) is 18.2. The van der Waals surface area contributed by atoms with Crippen LogP contribution >= 0.6 is 11.6 Å². The number of fused-ring (bicyclic) bond motifs is 1. The number of carbonyl (C=O) groups excluding carboxylic acids is 1. The maximum atomic E-state index is 13.6. The summed E-state index contributed by atoms with van der Waals surface area (Å²) in [4.78, 5) is 33.0. The van der Waals surface area contributed by atoms with E-state index in [9.17, 15) is 9.59 Å². The first kappa shape index (κ1) is 21.8. The molecule has 0 aliphatic carbocycles. The van der Waals surface area contributed by atoms with Crippen molar-refractivity contribution in [3.63, 3.8) is 0 Å². The highest BCUT2D eigenvalue weighted by molar-refractivity contribution is 6.31. The van der Waals surface area contributed by atoms with E-state index in [1.807, 2.05) is 51.1 Å². The molecule has 1 amide bonds. The monoisotopic (exact) mass is 449 g/mol. The highest BCUT2D eigenvalue weighted by atomic mass is 35.5. The molecule has 6 nitrogen and oxygen atoms in total. The van der Waals surface area contributed by atoms with E-state index < -0.39 is 6.04 Å². The van der Waals surface area contributed by atoms with Crippen LogP contribution in [0, 0.1) is 6.92 Å². The van der Waals surface area contributed by atoms with E-state index in [-0.39, 0.29) is 18.0 Å². The normalized spacial score (nSPS) is 12.1. The van der Waals surface area contributed by atoms with E-state index in [0.29, 0.717) is 39.6 Å². The number of aryl methyl sites for hydroxylation is 1. The van der Waals surface area contributed by atoms with Crippen molar-refractivity contribution in [3.8, 4) is 5.69 Å². The first-order chi connectivity index (χ1) is 15.4. The quantitative estimate of drug-likeness (QED) is 0.393. The second kappa shape index (κ2) is 9.01. The van der Waals surface area contributed by atoms with E-state index in [4.69, 9.17) is 21.0 Å². The fourth-order valence-electron chi connectivity index (χ4n) is 3.75. The van der Waals surface area contributed by atoms with Crippen LogP contribution in [0.2, 0.25) is 5.02 Å². The number of benzene rings is 2. The Balaban J connectivity index is 1.93. The fraction of sp³-hybridized carbons (Fsp3) is 0.240. The average molecular weight is 450 g/mol. The molecule has 1 atom stereocenters. The third-order valence-electron chi connectivity index (χ3n) is 5.52. The third kappa shape index (κ3) is 4.18. The molecule has 0 radical (unpaired) electrons. The second-order valence-corrected chi connectivity index (χ2v) is 8.17. The van der Waals surface area contributed by atoms with Gasteiger partial charge in [0, 0.05) is 11.4 Å². The van der Waals surface area contributed by atoms with Gasteiger partial charge < -0.3 is 9.32 Å². The number of rotatable bonds is 6. The number of nitrogens with zero attached hydrogens (tertiary/aromatic N) is 3. The van der Waals surface area contributed by atoms with Crippen molar-refractivity contribution in [2.24, 2.45) is 0 Å². The Hall–Kier alpha value is -3.38. The van der Waals surface area contributed by atoms with Gasteiger partial charge in [0.2, 0.25) is 5.91 Å². The van der Waals surface area contributed by atoms with Gasteiger partial charge in [-0.1, -0.05) is 36.2 Å². The predicted molar refractivity (Wildman–Crippen MR) is 125 cm³/mol. The molecule has 0 saturated heterocycles. The maximum Gasteiger partial charge on any atom is 0.266 e. The van der Waals surface area contributed by atoms with Gasteiger partial charge in [-0.15, -0.1) is 0 Å². The van der Waals surface area contributed by atoms with E-state index in [1.54, 1.807) is 40.0 Å². The standard InChI is InChI=1S/C25H24ClN3O3/c1-4-23(30)28(15-20-6-5-13-32-20)17(3)24-27-22-14-18(26)9-12-21(22)25(31)29(24)19-10-7-16(2)8-11-19/h5-14,17H,4,15H2,1-3H3. The molecule has 0 N–H and O–H groups in total. The fourth-order valence-corrected chi connectivity index (χ4v) is 3.92. The Morgan fingerprint density at radius 3 is 2.59 bits per heavy atom. The molecule has 2 heterocycles. The van der Waals surface area contributed by atoms with Gasteiger partial charge in [0.1, 0.15) is 11.6 Å². The van der Waals surface area contributed by atoms with Gasteiger partial charge in [-0.25, -0.2) is 4.98 Å². The molecule has 32 heavy (non-hydrogen) atoms. The van der Waals surface area contributed by atoms with Crippen LogP contribution < -0.4 is 5.56 Å². The van der Waals surface area contributed by atoms with Crippen molar-refractivity contribution in [2.45, 2.75) is 39.8 Å². The molecule has 7 heteroatoms. The molecule has 2 aromatic carbocycles. The summed E-state index contributed by atoms with van der Waals surface area (Å²) in [6, 6.07) is 15.8. The van der Waals surface area contributed by atoms with Crippen molar-refractivity contribution in [3.05, 3.63) is 93.4 Å². The van der Waals surface area contributed by atoms with Crippen LogP contribution in [0.15, 0.2) is 70.1 Å². The molecule has 0 aliphatic heterocycles. The number of amides is 1. The number of carbonyl (C=O) groups is 1. The zero-order valence-corrected chi connectivity index (χ0v) is 19.0. The Bertz CT molecular complexity index is 1310. The summed E-state index contributed by atoms with van der Waals surface area (Å²) < 4.78 is 7.06. The van der Waals surface area contributed by atoms with E-state index in [0.717, 1.165) is 5.56 Å². The summed E-state index contributed by atoms with van der Waals surface area (Å²) in [5, 5.41) is 0.957. The third-order valence-corrected chi connectivity index (χ3v) is 5.75. The minimum atomic E-state index is -0.495. The summed E-state index contributed by atoms with van der Waals surface area (Å²) in [7, 11) is 0. The molecule has 1 unspecified atom stereocenters. The van der Waals surface area contributed by atoms with E-state index in [1.165, 1.54) is 0 Å². The lowest BCUT2D eigenvalue weighted by molar-refractivity contribution is -0.134. The van der Waals surface area contributed by atoms with Gasteiger partial charge >= 0.3 is 0 Å². The van der Waals surface area contributed by atoms with Gasteiger partial charge in [0.05, 0.1) is 35.4 Å². The number of hydrogen-bond acceptors (Lipinski definition) is 4. The Kier molecular flexibility index (Phi) is 6.15. The maximum absolute atomic E-state index is 13.6. The van der Waals surface area contributed by atoms with Gasteiger partial charge in [0.25, 0.3) is 5.56 Å². The molecule has 2 aromatic heterocycles. The van der Waals surface area contributed by atoms with E-state index >= 15 is 0 Å². The summed E-state index contributed by atoms with van der Waals surface area (Å²) in [6.07, 6.45) is 1.90. The van der Waals surface area contributed by atoms with Gasteiger partial charge in [0.15, 0.2) is 0 Å². The van der Waals surface area contributed by atoms with Crippen molar-refractivity contribution in [1.29, 1.82) is 0 Å². The Morgan fingerprint density at radius 1 is 1.19 bits per heavy atom. The number of aromatic nitrogens is 2. The number of hydrogen-bond donors (Lipinski definition) is 0. The molecule has 0 saturated carbocycles. The lowest BCUT2D eigenvalue weighted by Crippen LogP contribution is -2.36. The molecule has 4 rings (SSSR count). The van der Waals surface area contributed by atoms with Crippen LogP contribution in [0.3, 0.4) is 0 Å². The van der Waals surface area contributed by atoms with Crippen LogP contribution in [-0.2, 0) is 11.3 Å². The van der Waals surface area contributed by atoms with Crippen LogP contribution in [0.4, 0.5) is 0 Å². The molecule has 0 fully saturated rings. The average Bonchev–Trinajstić information content (AvgIpc) is 3.30. The van der Waals surface area contributed by atoms with Crippen LogP contribution in [-0.4, -0.2) is 20.4 Å². The van der Waals surface area contributed by atoms with Crippen molar-refractivity contribution < 1.29 is 9.21 Å². The summed E-state index contributed by atoms with van der Waals surface area (Å²) in [5.41, 5.74) is 2.06. The zero-order chi connectivity index (χ0) is 22.8. The minimum Gasteiger partial charge on any atom is -0.467 e. The molecule has 0 aliphatic rings. The van der Waals surface area contributed by atoms with Crippen LogP contribution in [0.25, 0.3) is 16.6 Å². The lowest BCUT2D eigenvalue weighted by atomic mass is 10.1. The molecule has 4 aromatic rings.